The van der Waals surface area contributed by atoms with Crippen molar-refractivity contribution in [3.63, 3.8) is 0 Å². The number of hydrogen-bond acceptors (Lipinski definition) is 3. The van der Waals surface area contributed by atoms with Crippen molar-refractivity contribution in [3.8, 4) is 5.75 Å². The average molecular weight is 306 g/mol. The lowest BCUT2D eigenvalue weighted by atomic mass is 9.81. The molecule has 0 aliphatic carbocycles. The summed E-state index contributed by atoms with van der Waals surface area (Å²) >= 11 is 0. The van der Waals surface area contributed by atoms with E-state index in [1.54, 1.807) is 7.11 Å². The summed E-state index contributed by atoms with van der Waals surface area (Å²) in [4.78, 5) is 0. The van der Waals surface area contributed by atoms with E-state index in [1.165, 1.54) is 22.3 Å². The highest BCUT2D eigenvalue weighted by Crippen LogP contribution is 2.50. The minimum atomic E-state index is 0.0448. The van der Waals surface area contributed by atoms with E-state index in [4.69, 9.17) is 13.9 Å². The Hall–Kier alpha value is -2.26. The molecule has 2 aliphatic rings. The molecule has 0 radical (unpaired) electrons. The molecule has 0 saturated carbocycles. The van der Waals surface area contributed by atoms with Crippen LogP contribution in [0.4, 0.5) is 0 Å². The molecule has 1 aromatic heterocycles. The first-order valence-electron chi connectivity index (χ1n) is 8.08. The predicted molar refractivity (Wildman–Crippen MR) is 87.9 cm³/mol. The number of rotatable bonds is 1. The van der Waals surface area contributed by atoms with Gasteiger partial charge in [-0.25, -0.2) is 0 Å². The largest absolute Gasteiger partial charge is 0.496 e. The summed E-state index contributed by atoms with van der Waals surface area (Å²) in [7, 11) is 1.73. The van der Waals surface area contributed by atoms with Crippen LogP contribution in [0.1, 0.15) is 40.2 Å². The molecule has 23 heavy (non-hydrogen) atoms. The molecule has 2 bridgehead atoms. The van der Waals surface area contributed by atoms with E-state index < -0.39 is 0 Å². The monoisotopic (exact) mass is 306 g/mol. The van der Waals surface area contributed by atoms with Crippen molar-refractivity contribution in [2.75, 3.05) is 7.11 Å². The lowest BCUT2D eigenvalue weighted by Crippen LogP contribution is -2.28. The Labute approximate surface area is 134 Å². The van der Waals surface area contributed by atoms with Crippen LogP contribution >= 0.6 is 0 Å². The number of aryl methyl sites for hydroxylation is 1. The normalized spacial score (nSPS) is 21.8. The van der Waals surface area contributed by atoms with Gasteiger partial charge >= 0.3 is 0 Å². The summed E-state index contributed by atoms with van der Waals surface area (Å²) in [6.45, 7) is 1.99. The molecule has 0 N–H and O–H groups in total. The SMILES string of the molecule is COc1cc2cc(C)oc2c2c1[C@H]1Cc3ccccc3[C@@H](C2)O1. The Balaban J connectivity index is 1.77. The summed E-state index contributed by atoms with van der Waals surface area (Å²) in [5.74, 6) is 1.85. The summed E-state index contributed by atoms with van der Waals surface area (Å²) in [6.07, 6.45) is 1.88. The van der Waals surface area contributed by atoms with Gasteiger partial charge in [-0.05, 0) is 30.2 Å². The molecule has 3 heterocycles. The number of hydrogen-bond donors (Lipinski definition) is 0. The zero-order valence-electron chi connectivity index (χ0n) is 13.3. The third-order valence-electron chi connectivity index (χ3n) is 5.10. The van der Waals surface area contributed by atoms with E-state index in [9.17, 15) is 0 Å². The van der Waals surface area contributed by atoms with Crippen molar-refractivity contribution in [2.24, 2.45) is 0 Å². The molecule has 3 nitrogen and oxygen atoms in total. The molecule has 2 aromatic carbocycles. The molecule has 3 aromatic rings. The van der Waals surface area contributed by atoms with Crippen LogP contribution in [-0.2, 0) is 17.6 Å². The highest BCUT2D eigenvalue weighted by atomic mass is 16.5. The standard InChI is InChI=1S/C20H18O3/c1-11-7-13-9-17(21-2)19-15(20(13)22-11)10-16-14-6-4-3-5-12(14)8-18(19)23-16/h3-7,9,16,18H,8,10H2,1-2H3/t16-,18-/m1/s1. The van der Waals surface area contributed by atoms with Crippen molar-refractivity contribution < 1.29 is 13.9 Å². The molecule has 0 unspecified atom stereocenters. The molecule has 0 spiro atoms. The molecule has 2 aliphatic heterocycles. The van der Waals surface area contributed by atoms with Gasteiger partial charge in [0.05, 0.1) is 19.3 Å². The van der Waals surface area contributed by atoms with E-state index in [1.807, 2.05) is 6.92 Å². The maximum Gasteiger partial charge on any atom is 0.138 e. The first-order chi connectivity index (χ1) is 11.2. The van der Waals surface area contributed by atoms with Crippen LogP contribution in [-0.4, -0.2) is 7.11 Å². The zero-order valence-corrected chi connectivity index (χ0v) is 13.3. The fraction of sp³-hybridized carbons (Fsp3) is 0.300. The molecule has 2 atom stereocenters. The Morgan fingerprint density at radius 1 is 1.09 bits per heavy atom. The van der Waals surface area contributed by atoms with Crippen LogP contribution in [0.5, 0.6) is 5.75 Å². The summed E-state index contributed by atoms with van der Waals surface area (Å²) in [5.41, 5.74) is 6.12. The van der Waals surface area contributed by atoms with Crippen LogP contribution in [0.25, 0.3) is 11.0 Å². The molecule has 3 heteroatoms. The number of methoxy groups -OCH3 is 1. The van der Waals surface area contributed by atoms with Gasteiger partial charge in [-0.15, -0.1) is 0 Å². The van der Waals surface area contributed by atoms with Crippen LogP contribution < -0.4 is 4.74 Å². The molecule has 0 amide bonds. The Kier molecular flexibility index (Phi) is 2.65. The van der Waals surface area contributed by atoms with E-state index in [-0.39, 0.29) is 12.2 Å². The minimum absolute atomic E-state index is 0.0448. The van der Waals surface area contributed by atoms with Gasteiger partial charge in [0, 0.05) is 29.4 Å². The van der Waals surface area contributed by atoms with Crippen molar-refractivity contribution >= 4 is 11.0 Å². The Bertz CT molecular complexity index is 922. The van der Waals surface area contributed by atoms with Gasteiger partial charge in [0.25, 0.3) is 0 Å². The molecule has 5 rings (SSSR count). The van der Waals surface area contributed by atoms with E-state index in [0.717, 1.165) is 35.3 Å². The fourth-order valence-electron chi connectivity index (χ4n) is 4.16. The fourth-order valence-corrected chi connectivity index (χ4v) is 4.16. The smallest absolute Gasteiger partial charge is 0.138 e. The Morgan fingerprint density at radius 3 is 2.83 bits per heavy atom. The van der Waals surface area contributed by atoms with Gasteiger partial charge in [0.2, 0.25) is 0 Å². The second-order valence-corrected chi connectivity index (χ2v) is 6.47. The van der Waals surface area contributed by atoms with Crippen molar-refractivity contribution in [3.05, 3.63) is 64.4 Å². The predicted octanol–water partition coefficient (Wildman–Crippen LogP) is 4.66. The molecular weight excluding hydrogens is 288 g/mol. The maximum absolute atomic E-state index is 6.35. The molecule has 0 fully saturated rings. The maximum atomic E-state index is 6.35. The van der Waals surface area contributed by atoms with Crippen LogP contribution in [0.15, 0.2) is 40.8 Å². The zero-order chi connectivity index (χ0) is 15.6. The molecule has 0 saturated heterocycles. The second kappa shape index (κ2) is 4.62. The minimum Gasteiger partial charge on any atom is -0.496 e. The molecule has 116 valence electrons. The van der Waals surface area contributed by atoms with E-state index in [0.29, 0.717) is 0 Å². The third kappa shape index (κ3) is 1.80. The van der Waals surface area contributed by atoms with Gasteiger partial charge in [-0.2, -0.15) is 0 Å². The van der Waals surface area contributed by atoms with Crippen molar-refractivity contribution in [2.45, 2.75) is 32.0 Å². The molecular formula is C20H18O3. The number of benzene rings is 2. The van der Waals surface area contributed by atoms with Gasteiger partial charge in [0.15, 0.2) is 0 Å². The number of fused-ring (bicyclic) bond motifs is 8. The first-order valence-corrected chi connectivity index (χ1v) is 8.08. The number of furan rings is 1. The third-order valence-corrected chi connectivity index (χ3v) is 5.10. The van der Waals surface area contributed by atoms with Gasteiger partial charge in [0.1, 0.15) is 17.1 Å². The van der Waals surface area contributed by atoms with Gasteiger partial charge in [-0.3, -0.25) is 0 Å². The number of ether oxygens (including phenoxy) is 2. The lowest BCUT2D eigenvalue weighted by molar-refractivity contribution is -0.0401. The summed E-state index contributed by atoms with van der Waals surface area (Å²) in [6, 6.07) is 12.8. The highest BCUT2D eigenvalue weighted by molar-refractivity contribution is 5.85. The first kappa shape index (κ1) is 13.2. The Morgan fingerprint density at radius 2 is 1.96 bits per heavy atom. The van der Waals surface area contributed by atoms with Crippen molar-refractivity contribution in [1.82, 2.24) is 0 Å². The topological polar surface area (TPSA) is 31.6 Å². The van der Waals surface area contributed by atoms with E-state index >= 15 is 0 Å². The summed E-state index contributed by atoms with van der Waals surface area (Å²) in [5, 5.41) is 1.12. The summed E-state index contributed by atoms with van der Waals surface area (Å²) < 4.78 is 18.0. The quantitative estimate of drug-likeness (QED) is 0.655. The average Bonchev–Trinajstić information content (AvgIpc) is 2.94. The van der Waals surface area contributed by atoms with Crippen LogP contribution in [0.3, 0.4) is 0 Å². The van der Waals surface area contributed by atoms with Gasteiger partial charge < -0.3 is 13.9 Å². The van der Waals surface area contributed by atoms with Gasteiger partial charge in [-0.1, -0.05) is 24.3 Å². The van der Waals surface area contributed by atoms with E-state index in [2.05, 4.69) is 36.4 Å². The van der Waals surface area contributed by atoms with Crippen LogP contribution in [0, 0.1) is 6.92 Å². The van der Waals surface area contributed by atoms with Crippen molar-refractivity contribution in [1.29, 1.82) is 0 Å². The van der Waals surface area contributed by atoms with Crippen LogP contribution in [0.2, 0.25) is 0 Å². The second-order valence-electron chi connectivity index (χ2n) is 6.47. The highest BCUT2D eigenvalue weighted by Gasteiger charge is 2.38. The lowest BCUT2D eigenvalue weighted by Gasteiger charge is -2.38.